The lowest BCUT2D eigenvalue weighted by Gasteiger charge is -2.12. The minimum Gasteiger partial charge on any atom is -0.325 e. The second kappa shape index (κ2) is 9.20. The number of carbonyl (C=O) groups is 1. The Hall–Kier alpha value is -3.02. The van der Waals surface area contributed by atoms with E-state index in [1.165, 1.54) is 11.8 Å². The van der Waals surface area contributed by atoms with Gasteiger partial charge >= 0.3 is 0 Å². The van der Waals surface area contributed by atoms with Crippen LogP contribution in [-0.2, 0) is 4.79 Å². The first-order chi connectivity index (χ1) is 14.6. The molecule has 0 aliphatic heterocycles. The third-order valence-electron chi connectivity index (χ3n) is 4.55. The first kappa shape index (κ1) is 20.3. The standard InChI is InChI=1S/C24H20ClN3OS/c1-17-7-11-20(12-8-17)27-23(29)16-30-24-26-15-22(18-5-3-2-4-6-18)28(24)21-13-9-19(25)10-14-21/h2-15H,16H2,1H3,(H,27,29). The Balaban J connectivity index is 1.58. The second-order valence-corrected chi connectivity index (χ2v) is 8.19. The number of nitrogens with one attached hydrogen (secondary N) is 1. The maximum absolute atomic E-state index is 12.5. The van der Waals surface area contributed by atoms with Crippen molar-refractivity contribution in [2.45, 2.75) is 12.1 Å². The zero-order valence-electron chi connectivity index (χ0n) is 16.4. The van der Waals surface area contributed by atoms with Crippen molar-refractivity contribution in [2.75, 3.05) is 11.1 Å². The van der Waals surface area contributed by atoms with Gasteiger partial charge in [0.15, 0.2) is 5.16 Å². The van der Waals surface area contributed by atoms with E-state index in [4.69, 9.17) is 11.6 Å². The Kier molecular flexibility index (Phi) is 6.21. The molecule has 4 aromatic rings. The van der Waals surface area contributed by atoms with Crippen molar-refractivity contribution in [2.24, 2.45) is 0 Å². The van der Waals surface area contributed by atoms with Crippen LogP contribution in [0.2, 0.25) is 5.02 Å². The Morgan fingerprint density at radius 2 is 1.70 bits per heavy atom. The van der Waals surface area contributed by atoms with E-state index in [-0.39, 0.29) is 11.7 Å². The molecule has 0 fully saturated rings. The van der Waals surface area contributed by atoms with Gasteiger partial charge in [0.05, 0.1) is 17.6 Å². The molecule has 6 heteroatoms. The normalized spacial score (nSPS) is 10.7. The number of imidazole rings is 1. The van der Waals surface area contributed by atoms with Crippen molar-refractivity contribution < 1.29 is 4.79 Å². The number of hydrogen-bond donors (Lipinski definition) is 1. The fourth-order valence-corrected chi connectivity index (χ4v) is 3.97. The summed E-state index contributed by atoms with van der Waals surface area (Å²) in [5.74, 6) is 0.183. The average molecular weight is 434 g/mol. The lowest BCUT2D eigenvalue weighted by Crippen LogP contribution is -2.14. The summed E-state index contributed by atoms with van der Waals surface area (Å²) in [4.78, 5) is 17.0. The topological polar surface area (TPSA) is 46.9 Å². The lowest BCUT2D eigenvalue weighted by atomic mass is 10.1. The van der Waals surface area contributed by atoms with E-state index in [0.717, 1.165) is 33.4 Å². The first-order valence-electron chi connectivity index (χ1n) is 9.48. The van der Waals surface area contributed by atoms with Gasteiger partial charge in [-0.2, -0.15) is 0 Å². The van der Waals surface area contributed by atoms with Crippen LogP contribution in [0.5, 0.6) is 0 Å². The van der Waals surface area contributed by atoms with Crippen LogP contribution in [0.15, 0.2) is 90.2 Å². The molecule has 0 aliphatic rings. The summed E-state index contributed by atoms with van der Waals surface area (Å²) in [7, 11) is 0. The summed E-state index contributed by atoms with van der Waals surface area (Å²) >= 11 is 7.48. The van der Waals surface area contributed by atoms with Crippen LogP contribution < -0.4 is 5.32 Å². The van der Waals surface area contributed by atoms with E-state index >= 15 is 0 Å². The number of aryl methyl sites for hydroxylation is 1. The molecule has 150 valence electrons. The monoisotopic (exact) mass is 433 g/mol. The van der Waals surface area contributed by atoms with Gasteiger partial charge in [0.1, 0.15) is 0 Å². The van der Waals surface area contributed by atoms with E-state index in [1.807, 2.05) is 92.0 Å². The van der Waals surface area contributed by atoms with E-state index in [9.17, 15) is 4.79 Å². The Morgan fingerprint density at radius 1 is 1.00 bits per heavy atom. The Morgan fingerprint density at radius 3 is 2.40 bits per heavy atom. The van der Waals surface area contributed by atoms with Gasteiger partial charge in [-0.3, -0.25) is 9.36 Å². The van der Waals surface area contributed by atoms with Crippen LogP contribution in [0.4, 0.5) is 5.69 Å². The molecule has 1 aromatic heterocycles. The predicted octanol–water partition coefficient (Wildman–Crippen LogP) is 6.23. The summed E-state index contributed by atoms with van der Waals surface area (Å²) in [5, 5.41) is 4.35. The molecule has 1 heterocycles. The minimum absolute atomic E-state index is 0.0734. The first-order valence-corrected chi connectivity index (χ1v) is 10.8. The van der Waals surface area contributed by atoms with Gasteiger partial charge in [-0.25, -0.2) is 4.98 Å². The molecule has 0 saturated heterocycles. The molecular formula is C24H20ClN3OS. The fourth-order valence-electron chi connectivity index (χ4n) is 3.05. The average Bonchev–Trinajstić information content (AvgIpc) is 3.19. The van der Waals surface area contributed by atoms with E-state index in [1.54, 1.807) is 0 Å². The van der Waals surface area contributed by atoms with Crippen molar-refractivity contribution in [1.29, 1.82) is 0 Å². The van der Waals surface area contributed by atoms with Crippen molar-refractivity contribution in [3.8, 4) is 16.9 Å². The summed E-state index contributed by atoms with van der Waals surface area (Å²) in [6.07, 6.45) is 1.84. The van der Waals surface area contributed by atoms with Crippen molar-refractivity contribution in [3.63, 3.8) is 0 Å². The Labute approximate surface area is 184 Å². The van der Waals surface area contributed by atoms with Crippen LogP contribution in [0.25, 0.3) is 16.9 Å². The fraction of sp³-hybridized carbons (Fsp3) is 0.0833. The largest absolute Gasteiger partial charge is 0.325 e. The molecule has 30 heavy (non-hydrogen) atoms. The quantitative estimate of drug-likeness (QED) is 0.366. The number of rotatable bonds is 6. The summed E-state index contributed by atoms with van der Waals surface area (Å²) in [6.45, 7) is 2.02. The number of halogens is 1. The highest BCUT2D eigenvalue weighted by Gasteiger charge is 2.15. The lowest BCUT2D eigenvalue weighted by molar-refractivity contribution is -0.113. The predicted molar refractivity (Wildman–Crippen MR) is 125 cm³/mol. The molecule has 0 saturated carbocycles. The number of thioether (sulfide) groups is 1. The number of amides is 1. The van der Waals surface area contributed by atoms with Crippen LogP contribution in [0.1, 0.15) is 5.56 Å². The van der Waals surface area contributed by atoms with Gasteiger partial charge in [0, 0.05) is 22.0 Å². The summed E-state index contributed by atoms with van der Waals surface area (Å²) in [6, 6.07) is 25.4. The molecule has 0 bridgehead atoms. The number of hydrogen-bond acceptors (Lipinski definition) is 3. The molecule has 0 unspecified atom stereocenters. The van der Waals surface area contributed by atoms with Gasteiger partial charge in [0.25, 0.3) is 0 Å². The summed E-state index contributed by atoms with van der Waals surface area (Å²) < 4.78 is 2.05. The van der Waals surface area contributed by atoms with Crippen LogP contribution in [0.3, 0.4) is 0 Å². The number of benzene rings is 3. The molecule has 1 N–H and O–H groups in total. The molecule has 4 nitrogen and oxygen atoms in total. The number of carbonyl (C=O) groups excluding carboxylic acids is 1. The van der Waals surface area contributed by atoms with Crippen LogP contribution >= 0.6 is 23.4 Å². The SMILES string of the molecule is Cc1ccc(NC(=O)CSc2ncc(-c3ccccc3)n2-c2ccc(Cl)cc2)cc1. The van der Waals surface area contributed by atoms with E-state index in [2.05, 4.69) is 14.9 Å². The number of aromatic nitrogens is 2. The summed E-state index contributed by atoms with van der Waals surface area (Å²) in [5.41, 5.74) is 4.89. The van der Waals surface area contributed by atoms with Gasteiger partial charge in [-0.1, -0.05) is 71.4 Å². The minimum atomic E-state index is -0.0734. The van der Waals surface area contributed by atoms with Crippen LogP contribution in [0, 0.1) is 6.92 Å². The maximum Gasteiger partial charge on any atom is 0.234 e. The Bertz CT molecular complexity index is 1140. The maximum atomic E-state index is 12.5. The van der Waals surface area contributed by atoms with Crippen molar-refractivity contribution >= 4 is 35.0 Å². The number of anilines is 1. The van der Waals surface area contributed by atoms with Crippen LogP contribution in [-0.4, -0.2) is 21.2 Å². The highest BCUT2D eigenvalue weighted by molar-refractivity contribution is 7.99. The van der Waals surface area contributed by atoms with Gasteiger partial charge in [0.2, 0.25) is 5.91 Å². The molecule has 3 aromatic carbocycles. The zero-order chi connectivity index (χ0) is 20.9. The third kappa shape index (κ3) is 4.75. The smallest absolute Gasteiger partial charge is 0.234 e. The highest BCUT2D eigenvalue weighted by Crippen LogP contribution is 2.30. The van der Waals surface area contributed by atoms with Gasteiger partial charge in [-0.15, -0.1) is 0 Å². The van der Waals surface area contributed by atoms with E-state index < -0.39 is 0 Å². The molecule has 0 spiro atoms. The van der Waals surface area contributed by atoms with E-state index in [0.29, 0.717) is 5.02 Å². The number of nitrogens with zero attached hydrogens (tertiary/aromatic N) is 2. The van der Waals surface area contributed by atoms with Gasteiger partial charge in [-0.05, 0) is 43.3 Å². The second-order valence-electron chi connectivity index (χ2n) is 6.81. The molecule has 0 aliphatic carbocycles. The zero-order valence-corrected chi connectivity index (χ0v) is 18.0. The molecule has 0 atom stereocenters. The molecule has 1 amide bonds. The highest BCUT2D eigenvalue weighted by atomic mass is 35.5. The van der Waals surface area contributed by atoms with Gasteiger partial charge < -0.3 is 5.32 Å². The molecule has 4 rings (SSSR count). The van der Waals surface area contributed by atoms with Crippen molar-refractivity contribution in [3.05, 3.63) is 95.6 Å². The third-order valence-corrected chi connectivity index (χ3v) is 5.76. The van der Waals surface area contributed by atoms with Crippen molar-refractivity contribution in [1.82, 2.24) is 9.55 Å². The molecule has 0 radical (unpaired) electrons. The molecular weight excluding hydrogens is 414 g/mol.